The lowest BCUT2D eigenvalue weighted by atomic mass is 10.1. The van der Waals surface area contributed by atoms with E-state index in [4.69, 9.17) is 16.0 Å². The highest BCUT2D eigenvalue weighted by molar-refractivity contribution is 6.30. The highest BCUT2D eigenvalue weighted by Gasteiger charge is 2.10. The number of hydrogen-bond acceptors (Lipinski definition) is 4. The monoisotopic (exact) mass is 342 g/mol. The lowest BCUT2D eigenvalue weighted by Gasteiger charge is -2.05. The molecule has 0 unspecified atom stereocenters. The summed E-state index contributed by atoms with van der Waals surface area (Å²) in [5, 5.41) is 13.8. The maximum atomic E-state index is 11.9. The van der Waals surface area contributed by atoms with Crippen LogP contribution in [0.4, 0.5) is 10.5 Å². The second-order valence-corrected chi connectivity index (χ2v) is 5.62. The molecule has 1 aromatic heterocycles. The van der Waals surface area contributed by atoms with Crippen LogP contribution in [0.25, 0.3) is 11.5 Å². The molecular weight excluding hydrogens is 328 g/mol. The van der Waals surface area contributed by atoms with Crippen molar-refractivity contribution >= 4 is 23.3 Å². The number of halogens is 1. The average molecular weight is 343 g/mol. The lowest BCUT2D eigenvalue weighted by molar-refractivity contribution is 0.250. The minimum atomic E-state index is -0.382. The van der Waals surface area contributed by atoms with E-state index in [2.05, 4.69) is 20.8 Å². The Morgan fingerprint density at radius 3 is 2.79 bits per heavy atom. The van der Waals surface area contributed by atoms with Crippen LogP contribution in [0.2, 0.25) is 5.02 Å². The van der Waals surface area contributed by atoms with Gasteiger partial charge in [0.15, 0.2) is 0 Å². The van der Waals surface area contributed by atoms with E-state index in [9.17, 15) is 4.79 Å². The lowest BCUT2D eigenvalue weighted by Crippen LogP contribution is -2.28. The van der Waals surface area contributed by atoms with Crippen LogP contribution in [0.3, 0.4) is 0 Å². The fourth-order valence-electron chi connectivity index (χ4n) is 2.12. The Labute approximate surface area is 143 Å². The zero-order valence-electron chi connectivity index (χ0n) is 12.9. The molecule has 0 saturated heterocycles. The van der Waals surface area contributed by atoms with Gasteiger partial charge in [0.25, 0.3) is 0 Å². The van der Waals surface area contributed by atoms with Crippen LogP contribution < -0.4 is 10.6 Å². The smallest absolute Gasteiger partial charge is 0.319 e. The number of urea groups is 1. The van der Waals surface area contributed by atoms with Crippen LogP contribution >= 0.6 is 11.6 Å². The van der Waals surface area contributed by atoms with Crippen LogP contribution in [0.5, 0.6) is 0 Å². The molecule has 0 saturated carbocycles. The molecule has 3 aromatic rings. The molecule has 0 fully saturated rings. The Hall–Kier alpha value is -2.86. The van der Waals surface area contributed by atoms with Gasteiger partial charge in [-0.1, -0.05) is 35.4 Å². The number of nitrogens with one attached hydrogen (secondary N) is 2. The Balaban J connectivity index is 1.58. The van der Waals surface area contributed by atoms with Crippen molar-refractivity contribution in [2.24, 2.45) is 0 Å². The maximum absolute atomic E-state index is 11.9. The van der Waals surface area contributed by atoms with Gasteiger partial charge >= 0.3 is 6.03 Å². The first kappa shape index (κ1) is 16.0. The third-order valence-electron chi connectivity index (χ3n) is 3.21. The topological polar surface area (TPSA) is 80.0 Å². The Bertz CT molecular complexity index is 863. The summed E-state index contributed by atoms with van der Waals surface area (Å²) in [7, 11) is 0. The molecule has 6 nitrogen and oxygen atoms in total. The number of nitrogens with zero attached hydrogens (tertiary/aromatic N) is 2. The number of rotatable bonds is 4. The van der Waals surface area contributed by atoms with Crippen molar-refractivity contribution < 1.29 is 9.21 Å². The normalized spacial score (nSPS) is 10.4. The van der Waals surface area contributed by atoms with Crippen molar-refractivity contribution in [3.63, 3.8) is 0 Å². The third kappa shape index (κ3) is 4.11. The van der Waals surface area contributed by atoms with Gasteiger partial charge in [-0.15, -0.1) is 10.2 Å². The molecule has 0 spiro atoms. The van der Waals surface area contributed by atoms with E-state index in [1.165, 1.54) is 0 Å². The molecule has 24 heavy (non-hydrogen) atoms. The van der Waals surface area contributed by atoms with E-state index < -0.39 is 0 Å². The van der Waals surface area contributed by atoms with E-state index in [-0.39, 0.29) is 12.6 Å². The Morgan fingerprint density at radius 2 is 2.00 bits per heavy atom. The van der Waals surface area contributed by atoms with Crippen molar-refractivity contribution in [1.29, 1.82) is 0 Å². The first-order valence-electron chi connectivity index (χ1n) is 7.30. The number of carbonyl (C=O) groups is 1. The number of aromatic nitrogens is 2. The molecule has 0 aliphatic rings. The van der Waals surface area contributed by atoms with Crippen LogP contribution in [-0.4, -0.2) is 16.2 Å². The van der Waals surface area contributed by atoms with E-state index in [1.54, 1.807) is 24.3 Å². The summed E-state index contributed by atoms with van der Waals surface area (Å²) in [5.74, 6) is 0.749. The van der Waals surface area contributed by atoms with Gasteiger partial charge in [0.05, 0.1) is 6.54 Å². The second kappa shape index (κ2) is 7.14. The highest BCUT2D eigenvalue weighted by atomic mass is 35.5. The molecule has 2 amide bonds. The SMILES string of the molecule is Cc1cccc(-c2nnc(CNC(=O)Nc3cccc(Cl)c3)o2)c1. The summed E-state index contributed by atoms with van der Waals surface area (Å²) < 4.78 is 5.56. The minimum Gasteiger partial charge on any atom is -0.419 e. The number of anilines is 1. The number of amides is 2. The van der Waals surface area contributed by atoms with Gasteiger partial charge < -0.3 is 15.1 Å². The van der Waals surface area contributed by atoms with E-state index in [0.717, 1.165) is 11.1 Å². The van der Waals surface area contributed by atoms with Crippen LogP contribution in [0.1, 0.15) is 11.5 Å². The quantitative estimate of drug-likeness (QED) is 0.750. The largest absolute Gasteiger partial charge is 0.419 e. The summed E-state index contributed by atoms with van der Waals surface area (Å²) in [5.41, 5.74) is 2.55. The zero-order chi connectivity index (χ0) is 16.9. The van der Waals surface area contributed by atoms with Gasteiger partial charge in [-0.3, -0.25) is 0 Å². The predicted octanol–water partition coefficient (Wildman–Crippen LogP) is 4.02. The number of benzene rings is 2. The molecule has 1 heterocycles. The molecular formula is C17H15ClN4O2. The summed E-state index contributed by atoms with van der Waals surface area (Å²) in [6.45, 7) is 2.12. The van der Waals surface area contributed by atoms with E-state index in [0.29, 0.717) is 22.5 Å². The van der Waals surface area contributed by atoms with Crippen LogP contribution in [0, 0.1) is 6.92 Å². The predicted molar refractivity (Wildman–Crippen MR) is 91.8 cm³/mol. The molecule has 7 heteroatoms. The van der Waals surface area contributed by atoms with Gasteiger partial charge in [-0.05, 0) is 37.3 Å². The van der Waals surface area contributed by atoms with E-state index >= 15 is 0 Å². The molecule has 2 aromatic carbocycles. The molecule has 0 radical (unpaired) electrons. The zero-order valence-corrected chi connectivity index (χ0v) is 13.7. The molecule has 3 rings (SSSR count). The molecule has 122 valence electrons. The van der Waals surface area contributed by atoms with Crippen molar-refractivity contribution in [2.45, 2.75) is 13.5 Å². The second-order valence-electron chi connectivity index (χ2n) is 5.19. The van der Waals surface area contributed by atoms with Gasteiger partial charge in [0.2, 0.25) is 11.8 Å². The molecule has 0 aliphatic heterocycles. The third-order valence-corrected chi connectivity index (χ3v) is 3.45. The Kier molecular flexibility index (Phi) is 4.77. The maximum Gasteiger partial charge on any atom is 0.319 e. The van der Waals surface area contributed by atoms with Gasteiger partial charge in [-0.25, -0.2) is 4.79 Å². The number of carbonyl (C=O) groups excluding carboxylic acids is 1. The van der Waals surface area contributed by atoms with Gasteiger partial charge in [-0.2, -0.15) is 0 Å². The first-order valence-corrected chi connectivity index (χ1v) is 7.68. The fourth-order valence-corrected chi connectivity index (χ4v) is 2.31. The molecule has 0 bridgehead atoms. The van der Waals surface area contributed by atoms with Crippen molar-refractivity contribution in [3.05, 3.63) is 65.0 Å². The first-order chi connectivity index (χ1) is 11.6. The molecule has 0 atom stereocenters. The van der Waals surface area contributed by atoms with Crippen LogP contribution in [0.15, 0.2) is 52.9 Å². The number of hydrogen-bond donors (Lipinski definition) is 2. The summed E-state index contributed by atoms with van der Waals surface area (Å²) in [6, 6.07) is 14.3. The summed E-state index contributed by atoms with van der Waals surface area (Å²) in [6.07, 6.45) is 0. The Morgan fingerprint density at radius 1 is 1.17 bits per heavy atom. The van der Waals surface area contributed by atoms with Gasteiger partial charge in [0.1, 0.15) is 0 Å². The van der Waals surface area contributed by atoms with Crippen molar-refractivity contribution in [1.82, 2.24) is 15.5 Å². The molecule has 2 N–H and O–H groups in total. The molecule has 0 aliphatic carbocycles. The number of aryl methyl sites for hydroxylation is 1. The minimum absolute atomic E-state index is 0.130. The fraction of sp³-hybridized carbons (Fsp3) is 0.118. The van der Waals surface area contributed by atoms with Gasteiger partial charge in [0, 0.05) is 16.3 Å². The average Bonchev–Trinajstić information content (AvgIpc) is 3.02. The van der Waals surface area contributed by atoms with Crippen LogP contribution in [-0.2, 0) is 6.54 Å². The van der Waals surface area contributed by atoms with Crippen molar-refractivity contribution in [2.75, 3.05) is 5.32 Å². The summed E-state index contributed by atoms with van der Waals surface area (Å²) >= 11 is 5.87. The summed E-state index contributed by atoms with van der Waals surface area (Å²) in [4.78, 5) is 11.9. The standard InChI is InChI=1S/C17H15ClN4O2/c1-11-4-2-5-12(8-11)16-22-21-15(24-16)10-19-17(23)20-14-7-3-6-13(18)9-14/h2-9H,10H2,1H3,(H2,19,20,23). The van der Waals surface area contributed by atoms with E-state index in [1.807, 2.05) is 31.2 Å². The van der Waals surface area contributed by atoms with Crippen molar-refractivity contribution in [3.8, 4) is 11.5 Å². The highest BCUT2D eigenvalue weighted by Crippen LogP contribution is 2.19.